The van der Waals surface area contributed by atoms with Crippen LogP contribution < -0.4 is 10.3 Å². The van der Waals surface area contributed by atoms with E-state index in [9.17, 15) is 18.0 Å². The standard InChI is InChI=1S/C18H14BrNO6S/c1-27(23,24)20-14-4-2-3-11(7-14)18(22)25-10-12-8-17(21)26-16-9-13(19)5-6-15(12)16/h2-9,20H,10H2,1H3. The smallest absolute Gasteiger partial charge is 0.338 e. The minimum Gasteiger partial charge on any atom is -0.457 e. The molecular formula is C18H14BrNO6S. The minimum atomic E-state index is -3.46. The number of ether oxygens (including phenoxy) is 1. The molecule has 140 valence electrons. The summed E-state index contributed by atoms with van der Waals surface area (Å²) in [5.74, 6) is -0.648. The lowest BCUT2D eigenvalue weighted by Crippen LogP contribution is -2.11. The first-order chi connectivity index (χ1) is 12.7. The number of rotatable bonds is 5. The van der Waals surface area contributed by atoms with E-state index in [1.807, 2.05) is 0 Å². The first-order valence-corrected chi connectivity index (χ1v) is 10.4. The fourth-order valence-corrected chi connectivity index (χ4v) is 3.37. The summed E-state index contributed by atoms with van der Waals surface area (Å²) in [5, 5.41) is 0.651. The van der Waals surface area contributed by atoms with Gasteiger partial charge in [-0.15, -0.1) is 0 Å². The zero-order chi connectivity index (χ0) is 19.6. The van der Waals surface area contributed by atoms with E-state index in [-0.39, 0.29) is 17.9 Å². The summed E-state index contributed by atoms with van der Waals surface area (Å²) in [6.45, 7) is -0.133. The third-order valence-electron chi connectivity index (χ3n) is 3.55. The molecule has 3 rings (SSSR count). The number of hydrogen-bond donors (Lipinski definition) is 1. The second-order valence-electron chi connectivity index (χ2n) is 5.76. The number of esters is 1. The summed E-state index contributed by atoms with van der Waals surface area (Å²) < 4.78 is 36.1. The van der Waals surface area contributed by atoms with Gasteiger partial charge in [-0.2, -0.15) is 0 Å². The van der Waals surface area contributed by atoms with Gasteiger partial charge in [0.2, 0.25) is 10.0 Å². The van der Waals surface area contributed by atoms with Crippen molar-refractivity contribution >= 4 is 48.6 Å². The van der Waals surface area contributed by atoms with Gasteiger partial charge in [0.05, 0.1) is 11.8 Å². The van der Waals surface area contributed by atoms with E-state index >= 15 is 0 Å². The van der Waals surface area contributed by atoms with Crippen LogP contribution in [0.1, 0.15) is 15.9 Å². The second kappa shape index (κ2) is 7.53. The van der Waals surface area contributed by atoms with Gasteiger partial charge in [0.25, 0.3) is 0 Å². The summed E-state index contributed by atoms with van der Waals surface area (Å²) in [5.41, 5.74) is 0.766. The molecule has 27 heavy (non-hydrogen) atoms. The third kappa shape index (κ3) is 4.95. The van der Waals surface area contributed by atoms with Crippen LogP contribution in [0.15, 0.2) is 62.2 Å². The molecule has 0 amide bonds. The summed E-state index contributed by atoms with van der Waals surface area (Å²) in [7, 11) is -3.46. The zero-order valence-electron chi connectivity index (χ0n) is 14.1. The molecular weight excluding hydrogens is 438 g/mol. The van der Waals surface area contributed by atoms with Crippen molar-refractivity contribution < 1.29 is 22.4 Å². The van der Waals surface area contributed by atoms with Crippen molar-refractivity contribution in [3.8, 4) is 0 Å². The molecule has 9 heteroatoms. The van der Waals surface area contributed by atoms with Gasteiger partial charge in [-0.3, -0.25) is 4.72 Å². The zero-order valence-corrected chi connectivity index (χ0v) is 16.5. The molecule has 0 spiro atoms. The van der Waals surface area contributed by atoms with Crippen molar-refractivity contribution in [2.75, 3.05) is 11.0 Å². The molecule has 1 heterocycles. The van der Waals surface area contributed by atoms with E-state index in [1.165, 1.54) is 30.3 Å². The van der Waals surface area contributed by atoms with Crippen molar-refractivity contribution in [3.05, 3.63) is 74.6 Å². The highest BCUT2D eigenvalue weighted by molar-refractivity contribution is 9.10. The van der Waals surface area contributed by atoms with E-state index in [1.54, 1.807) is 18.2 Å². The Morgan fingerprint density at radius 1 is 1.19 bits per heavy atom. The quantitative estimate of drug-likeness (QED) is 0.471. The molecule has 0 unspecified atom stereocenters. The maximum atomic E-state index is 12.3. The maximum absolute atomic E-state index is 12.3. The number of hydrogen-bond acceptors (Lipinski definition) is 6. The number of halogens is 1. The van der Waals surface area contributed by atoms with Crippen LogP contribution in [0.3, 0.4) is 0 Å². The largest absolute Gasteiger partial charge is 0.457 e. The molecule has 0 radical (unpaired) electrons. The van der Waals surface area contributed by atoms with Gasteiger partial charge in [-0.1, -0.05) is 22.0 Å². The van der Waals surface area contributed by atoms with Crippen molar-refractivity contribution in [1.82, 2.24) is 0 Å². The average Bonchev–Trinajstić information content (AvgIpc) is 2.57. The summed E-state index contributed by atoms with van der Waals surface area (Å²) in [4.78, 5) is 24.0. The number of carbonyl (C=O) groups excluding carboxylic acids is 1. The van der Waals surface area contributed by atoms with Crippen LogP contribution in [-0.4, -0.2) is 20.6 Å². The van der Waals surface area contributed by atoms with Crippen molar-refractivity contribution in [1.29, 1.82) is 0 Å². The predicted octanol–water partition coefficient (Wildman–Crippen LogP) is 3.28. The molecule has 7 nitrogen and oxygen atoms in total. The summed E-state index contributed by atoms with van der Waals surface area (Å²) in [6.07, 6.45) is 1.02. The Bertz CT molecular complexity index is 1190. The van der Waals surface area contributed by atoms with Crippen molar-refractivity contribution in [2.24, 2.45) is 0 Å². The molecule has 1 aromatic heterocycles. The maximum Gasteiger partial charge on any atom is 0.338 e. The summed E-state index contributed by atoms with van der Waals surface area (Å²) in [6, 6.07) is 12.4. The molecule has 0 atom stereocenters. The Hall–Kier alpha value is -2.65. The topological polar surface area (TPSA) is 103 Å². The van der Waals surface area contributed by atoms with Crippen LogP contribution >= 0.6 is 15.9 Å². The Labute approximate surface area is 163 Å². The van der Waals surface area contributed by atoms with Crippen LogP contribution in [0.5, 0.6) is 0 Å². The molecule has 3 aromatic rings. The lowest BCUT2D eigenvalue weighted by atomic mass is 10.1. The molecule has 2 aromatic carbocycles. The van der Waals surface area contributed by atoms with Gasteiger partial charge >= 0.3 is 11.6 Å². The molecule has 1 N–H and O–H groups in total. The molecule has 0 aliphatic heterocycles. The fraction of sp³-hybridized carbons (Fsp3) is 0.111. The highest BCUT2D eigenvalue weighted by Crippen LogP contribution is 2.22. The van der Waals surface area contributed by atoms with Crippen LogP contribution in [0.25, 0.3) is 11.0 Å². The van der Waals surface area contributed by atoms with Gasteiger partial charge in [0, 0.05) is 27.2 Å². The Balaban J connectivity index is 1.81. The predicted molar refractivity (Wildman–Crippen MR) is 104 cm³/mol. The van der Waals surface area contributed by atoms with Gasteiger partial charge < -0.3 is 9.15 Å². The van der Waals surface area contributed by atoms with Crippen LogP contribution in [0.4, 0.5) is 5.69 Å². The molecule has 0 fully saturated rings. The highest BCUT2D eigenvalue weighted by atomic mass is 79.9. The number of fused-ring (bicyclic) bond motifs is 1. The van der Waals surface area contributed by atoms with E-state index in [0.29, 0.717) is 16.5 Å². The number of benzene rings is 2. The van der Waals surface area contributed by atoms with Crippen LogP contribution in [0.2, 0.25) is 0 Å². The monoisotopic (exact) mass is 451 g/mol. The van der Waals surface area contributed by atoms with Gasteiger partial charge in [0.15, 0.2) is 0 Å². The summed E-state index contributed by atoms with van der Waals surface area (Å²) >= 11 is 3.31. The van der Waals surface area contributed by atoms with Crippen molar-refractivity contribution in [2.45, 2.75) is 6.61 Å². The normalized spacial score (nSPS) is 11.3. The lowest BCUT2D eigenvalue weighted by Gasteiger charge is -2.09. The molecule has 0 bridgehead atoms. The van der Waals surface area contributed by atoms with Crippen LogP contribution in [0, 0.1) is 0 Å². The first kappa shape index (κ1) is 19.1. The fourth-order valence-electron chi connectivity index (χ4n) is 2.47. The first-order valence-electron chi connectivity index (χ1n) is 7.68. The van der Waals surface area contributed by atoms with Gasteiger partial charge in [-0.25, -0.2) is 18.0 Å². The number of anilines is 1. The molecule has 0 saturated heterocycles. The Morgan fingerprint density at radius 2 is 1.96 bits per heavy atom. The lowest BCUT2D eigenvalue weighted by molar-refractivity contribution is 0.0474. The second-order valence-corrected chi connectivity index (χ2v) is 8.43. The van der Waals surface area contributed by atoms with Crippen LogP contribution in [-0.2, 0) is 21.4 Å². The molecule has 0 saturated carbocycles. The van der Waals surface area contributed by atoms with Gasteiger partial charge in [-0.05, 0) is 36.4 Å². The third-order valence-corrected chi connectivity index (χ3v) is 4.65. The molecule has 0 aliphatic carbocycles. The van der Waals surface area contributed by atoms with E-state index in [2.05, 4.69) is 20.7 Å². The van der Waals surface area contributed by atoms with E-state index in [0.717, 1.165) is 10.7 Å². The van der Waals surface area contributed by atoms with Crippen molar-refractivity contribution in [3.63, 3.8) is 0 Å². The highest BCUT2D eigenvalue weighted by Gasteiger charge is 2.12. The Morgan fingerprint density at radius 3 is 2.70 bits per heavy atom. The van der Waals surface area contributed by atoms with Gasteiger partial charge in [0.1, 0.15) is 12.2 Å². The van der Waals surface area contributed by atoms with E-state index < -0.39 is 21.6 Å². The SMILES string of the molecule is CS(=O)(=O)Nc1cccc(C(=O)OCc2cc(=O)oc3cc(Br)ccc23)c1. The number of nitrogens with one attached hydrogen (secondary N) is 1. The number of sulfonamides is 1. The van der Waals surface area contributed by atoms with E-state index in [4.69, 9.17) is 9.15 Å². The average molecular weight is 452 g/mol. The molecule has 0 aliphatic rings. The Kier molecular flexibility index (Phi) is 5.33. The number of carbonyl (C=O) groups is 1. The minimum absolute atomic E-state index is 0.133.